The summed E-state index contributed by atoms with van der Waals surface area (Å²) in [6.07, 6.45) is 1.03. The van der Waals surface area contributed by atoms with E-state index in [0.29, 0.717) is 6.04 Å². The summed E-state index contributed by atoms with van der Waals surface area (Å²) >= 11 is 1.75. The zero-order valence-electron chi connectivity index (χ0n) is 13.2. The molecule has 114 valence electrons. The van der Waals surface area contributed by atoms with Gasteiger partial charge in [0.05, 0.1) is 10.6 Å². The first-order valence-electron chi connectivity index (χ1n) is 7.46. The monoisotopic (exact) mass is 304 g/mol. The van der Waals surface area contributed by atoms with Crippen LogP contribution in [0.5, 0.6) is 0 Å². The molecule has 0 saturated heterocycles. The summed E-state index contributed by atoms with van der Waals surface area (Å²) < 4.78 is 5.54. The lowest BCUT2D eigenvalue weighted by Crippen LogP contribution is -2.22. The molecule has 0 fully saturated rings. The lowest BCUT2D eigenvalue weighted by atomic mass is 10.1. The van der Waals surface area contributed by atoms with Crippen molar-refractivity contribution in [2.75, 3.05) is 7.11 Å². The quantitative estimate of drug-likeness (QED) is 0.823. The number of methoxy groups -OCH3 is 1. The minimum absolute atomic E-state index is 0.0882. The Bertz CT molecular complexity index is 547. The van der Waals surface area contributed by atoms with Crippen molar-refractivity contribution < 1.29 is 4.74 Å². The van der Waals surface area contributed by atoms with Gasteiger partial charge >= 0.3 is 0 Å². The van der Waals surface area contributed by atoms with Crippen LogP contribution in [0.1, 0.15) is 44.0 Å². The molecule has 1 atom stereocenters. The van der Waals surface area contributed by atoms with E-state index >= 15 is 0 Å². The Balaban J connectivity index is 2.36. The van der Waals surface area contributed by atoms with Gasteiger partial charge in [-0.2, -0.15) is 0 Å². The highest BCUT2D eigenvalue weighted by atomic mass is 32.1. The molecular weight excluding hydrogens is 280 g/mol. The van der Waals surface area contributed by atoms with Crippen LogP contribution in [-0.2, 0) is 11.3 Å². The van der Waals surface area contributed by atoms with Gasteiger partial charge in [0.1, 0.15) is 11.1 Å². The number of nitrogens with one attached hydrogen (secondary N) is 1. The van der Waals surface area contributed by atoms with Crippen molar-refractivity contribution in [2.45, 2.75) is 45.9 Å². The molecule has 1 unspecified atom stereocenters. The molecule has 4 heteroatoms. The van der Waals surface area contributed by atoms with Gasteiger partial charge in [0.25, 0.3) is 0 Å². The second-order valence-electron chi connectivity index (χ2n) is 5.36. The average Bonchev–Trinajstić information content (AvgIpc) is 2.91. The Morgan fingerprint density at radius 2 is 1.95 bits per heavy atom. The van der Waals surface area contributed by atoms with Gasteiger partial charge in [-0.15, -0.1) is 11.3 Å². The Morgan fingerprint density at radius 1 is 1.24 bits per heavy atom. The minimum atomic E-state index is 0.0882. The van der Waals surface area contributed by atoms with Gasteiger partial charge in [0, 0.05) is 19.7 Å². The van der Waals surface area contributed by atoms with Gasteiger partial charge in [-0.3, -0.25) is 0 Å². The first-order chi connectivity index (χ1) is 10.2. The maximum atomic E-state index is 5.54. The third kappa shape index (κ3) is 4.13. The molecule has 0 aliphatic rings. The molecule has 0 radical (unpaired) electrons. The van der Waals surface area contributed by atoms with Crippen LogP contribution in [0.4, 0.5) is 0 Å². The predicted octanol–water partition coefficient (Wildman–Crippen LogP) is 4.41. The molecule has 0 aliphatic heterocycles. The fourth-order valence-electron chi connectivity index (χ4n) is 2.19. The third-order valence-corrected chi connectivity index (χ3v) is 4.60. The summed E-state index contributed by atoms with van der Waals surface area (Å²) in [6.45, 7) is 7.22. The maximum Gasteiger partial charge on any atom is 0.122 e. The van der Waals surface area contributed by atoms with Crippen molar-refractivity contribution in [3.63, 3.8) is 0 Å². The smallest absolute Gasteiger partial charge is 0.122 e. The van der Waals surface area contributed by atoms with E-state index in [-0.39, 0.29) is 6.10 Å². The summed E-state index contributed by atoms with van der Waals surface area (Å²) in [5.41, 5.74) is 2.35. The van der Waals surface area contributed by atoms with Crippen LogP contribution >= 0.6 is 11.3 Å². The average molecular weight is 304 g/mol. The fourth-order valence-corrected chi connectivity index (χ4v) is 3.43. The number of thiazole rings is 1. The Hall–Kier alpha value is -1.23. The van der Waals surface area contributed by atoms with Gasteiger partial charge in [0.15, 0.2) is 0 Å². The topological polar surface area (TPSA) is 34.1 Å². The van der Waals surface area contributed by atoms with E-state index in [1.807, 2.05) is 6.07 Å². The minimum Gasteiger partial charge on any atom is -0.374 e. The SMILES string of the molecule is CCC(OC)c1nc(CNC(C)C)c(-c2ccccc2)s1. The van der Waals surface area contributed by atoms with Gasteiger partial charge in [-0.1, -0.05) is 51.1 Å². The molecule has 0 aliphatic carbocycles. The number of rotatable bonds is 7. The number of hydrogen-bond acceptors (Lipinski definition) is 4. The largest absolute Gasteiger partial charge is 0.374 e. The Morgan fingerprint density at radius 3 is 2.52 bits per heavy atom. The van der Waals surface area contributed by atoms with Crippen LogP contribution in [-0.4, -0.2) is 18.1 Å². The molecule has 1 aromatic carbocycles. The summed E-state index contributed by atoms with van der Waals surface area (Å²) in [7, 11) is 1.75. The number of hydrogen-bond donors (Lipinski definition) is 1. The van der Waals surface area contributed by atoms with Crippen LogP contribution < -0.4 is 5.32 Å². The standard InChI is InChI=1S/C17H24N2OS/c1-5-15(20-4)17-19-14(11-18-12(2)3)16(21-17)13-9-7-6-8-10-13/h6-10,12,15,18H,5,11H2,1-4H3. The van der Waals surface area contributed by atoms with Crippen LogP contribution in [0.3, 0.4) is 0 Å². The second kappa shape index (κ2) is 7.69. The third-order valence-electron chi connectivity index (χ3n) is 3.36. The molecule has 2 rings (SSSR count). The van der Waals surface area contributed by atoms with Crippen LogP contribution in [0.25, 0.3) is 10.4 Å². The molecule has 1 heterocycles. The lowest BCUT2D eigenvalue weighted by Gasteiger charge is -2.09. The number of ether oxygens (including phenoxy) is 1. The van der Waals surface area contributed by atoms with Gasteiger partial charge in [0.2, 0.25) is 0 Å². The van der Waals surface area contributed by atoms with Crippen molar-refractivity contribution in [2.24, 2.45) is 0 Å². The normalized spacial score (nSPS) is 12.8. The molecule has 0 amide bonds. The number of nitrogens with zero attached hydrogens (tertiary/aromatic N) is 1. The fraction of sp³-hybridized carbons (Fsp3) is 0.471. The summed E-state index contributed by atoms with van der Waals surface area (Å²) in [4.78, 5) is 6.08. The second-order valence-corrected chi connectivity index (χ2v) is 6.39. The number of aromatic nitrogens is 1. The van der Waals surface area contributed by atoms with Crippen molar-refractivity contribution >= 4 is 11.3 Å². The van der Waals surface area contributed by atoms with Crippen molar-refractivity contribution in [1.29, 1.82) is 0 Å². The molecule has 0 saturated carbocycles. The van der Waals surface area contributed by atoms with Crippen LogP contribution in [0, 0.1) is 0 Å². The number of benzene rings is 1. The molecule has 1 N–H and O–H groups in total. The maximum absolute atomic E-state index is 5.54. The molecule has 0 bridgehead atoms. The first-order valence-corrected chi connectivity index (χ1v) is 8.28. The molecule has 3 nitrogen and oxygen atoms in total. The zero-order chi connectivity index (χ0) is 15.2. The lowest BCUT2D eigenvalue weighted by molar-refractivity contribution is 0.0996. The van der Waals surface area contributed by atoms with E-state index in [4.69, 9.17) is 9.72 Å². The van der Waals surface area contributed by atoms with Crippen LogP contribution in [0.2, 0.25) is 0 Å². The summed E-state index contributed by atoms with van der Waals surface area (Å²) in [5.74, 6) is 0. The van der Waals surface area contributed by atoms with E-state index in [0.717, 1.165) is 23.7 Å². The van der Waals surface area contributed by atoms with Crippen molar-refractivity contribution in [3.05, 3.63) is 41.0 Å². The summed E-state index contributed by atoms with van der Waals surface area (Å²) in [5, 5.41) is 4.53. The van der Waals surface area contributed by atoms with Crippen molar-refractivity contribution in [1.82, 2.24) is 10.3 Å². The Labute approximate surface area is 131 Å². The van der Waals surface area contributed by atoms with E-state index in [2.05, 4.69) is 50.4 Å². The molecule has 2 aromatic rings. The highest BCUT2D eigenvalue weighted by Gasteiger charge is 2.18. The molecule has 1 aromatic heterocycles. The van der Waals surface area contributed by atoms with E-state index in [1.165, 1.54) is 10.4 Å². The highest BCUT2D eigenvalue weighted by molar-refractivity contribution is 7.15. The van der Waals surface area contributed by atoms with E-state index < -0.39 is 0 Å². The molecular formula is C17H24N2OS. The predicted molar refractivity (Wildman–Crippen MR) is 89.6 cm³/mol. The molecule has 0 spiro atoms. The van der Waals surface area contributed by atoms with Gasteiger partial charge in [-0.05, 0) is 12.0 Å². The highest BCUT2D eigenvalue weighted by Crippen LogP contribution is 2.35. The van der Waals surface area contributed by atoms with E-state index in [1.54, 1.807) is 18.4 Å². The zero-order valence-corrected chi connectivity index (χ0v) is 14.0. The first kappa shape index (κ1) is 16.1. The van der Waals surface area contributed by atoms with E-state index in [9.17, 15) is 0 Å². The van der Waals surface area contributed by atoms with Crippen LogP contribution in [0.15, 0.2) is 30.3 Å². The van der Waals surface area contributed by atoms with Gasteiger partial charge in [-0.25, -0.2) is 4.98 Å². The molecule has 21 heavy (non-hydrogen) atoms. The Kier molecular flexibility index (Phi) is 5.91. The van der Waals surface area contributed by atoms with Crippen molar-refractivity contribution in [3.8, 4) is 10.4 Å². The summed E-state index contributed by atoms with van der Waals surface area (Å²) in [6, 6.07) is 10.9. The van der Waals surface area contributed by atoms with Gasteiger partial charge < -0.3 is 10.1 Å².